The summed E-state index contributed by atoms with van der Waals surface area (Å²) in [6.07, 6.45) is 0.800. The number of carbonyl (C=O) groups is 1. The topological polar surface area (TPSA) is 38.3 Å². The lowest BCUT2D eigenvalue weighted by Gasteiger charge is -2.12. The van der Waals surface area contributed by atoms with Crippen LogP contribution in [0.2, 0.25) is 0 Å². The predicted octanol–water partition coefficient (Wildman–Crippen LogP) is 4.87. The normalized spacial score (nSPS) is 10.3. The van der Waals surface area contributed by atoms with Crippen LogP contribution in [0.5, 0.6) is 5.75 Å². The van der Waals surface area contributed by atoms with Gasteiger partial charge in [0, 0.05) is 12.1 Å². The predicted molar refractivity (Wildman–Crippen MR) is 101 cm³/mol. The number of ether oxygens (including phenoxy) is 1. The Kier molecular flexibility index (Phi) is 5.47. The minimum atomic E-state index is -0.167. The molecule has 0 aromatic heterocycles. The largest absolute Gasteiger partial charge is 0.492 e. The van der Waals surface area contributed by atoms with Gasteiger partial charge in [0.25, 0.3) is 5.91 Å². The summed E-state index contributed by atoms with van der Waals surface area (Å²) in [6, 6.07) is 25.2. The van der Waals surface area contributed by atoms with Gasteiger partial charge in [0.15, 0.2) is 0 Å². The van der Waals surface area contributed by atoms with Gasteiger partial charge in [-0.15, -0.1) is 0 Å². The number of hydrogen-bond donors (Lipinski definition) is 1. The van der Waals surface area contributed by atoms with E-state index in [-0.39, 0.29) is 5.91 Å². The third-order valence-corrected chi connectivity index (χ3v) is 3.93. The number of aryl methyl sites for hydroxylation is 1. The van der Waals surface area contributed by atoms with Gasteiger partial charge in [-0.2, -0.15) is 0 Å². The summed E-state index contributed by atoms with van der Waals surface area (Å²) in [6.45, 7) is 2.54. The van der Waals surface area contributed by atoms with Crippen molar-refractivity contribution in [3.63, 3.8) is 0 Å². The second kappa shape index (κ2) is 8.15. The molecule has 126 valence electrons. The van der Waals surface area contributed by atoms with Crippen molar-refractivity contribution in [2.45, 2.75) is 13.3 Å². The Hall–Kier alpha value is -3.07. The number of nitrogens with one attached hydrogen (secondary N) is 1. The fraction of sp³-hybridized carbons (Fsp3) is 0.136. The van der Waals surface area contributed by atoms with Crippen LogP contribution in [0.25, 0.3) is 0 Å². The van der Waals surface area contributed by atoms with Crippen LogP contribution >= 0.6 is 0 Å². The highest BCUT2D eigenvalue weighted by Crippen LogP contribution is 2.20. The molecule has 0 bridgehead atoms. The lowest BCUT2D eigenvalue weighted by molar-refractivity contribution is 0.102. The molecule has 0 saturated heterocycles. The molecule has 3 heteroatoms. The molecule has 25 heavy (non-hydrogen) atoms. The molecule has 3 aromatic rings. The van der Waals surface area contributed by atoms with E-state index in [1.807, 2.05) is 67.6 Å². The first-order chi connectivity index (χ1) is 12.2. The number of rotatable bonds is 6. The quantitative estimate of drug-likeness (QED) is 0.700. The van der Waals surface area contributed by atoms with Crippen molar-refractivity contribution in [2.24, 2.45) is 0 Å². The monoisotopic (exact) mass is 331 g/mol. The van der Waals surface area contributed by atoms with Gasteiger partial charge in [0.1, 0.15) is 5.75 Å². The van der Waals surface area contributed by atoms with Gasteiger partial charge in [-0.3, -0.25) is 4.79 Å². The first-order valence-electron chi connectivity index (χ1n) is 8.36. The van der Waals surface area contributed by atoms with Crippen LogP contribution in [0, 0.1) is 6.92 Å². The van der Waals surface area contributed by atoms with Crippen LogP contribution in [-0.4, -0.2) is 12.5 Å². The molecule has 0 aliphatic rings. The van der Waals surface area contributed by atoms with Gasteiger partial charge in [-0.05, 0) is 36.8 Å². The van der Waals surface area contributed by atoms with E-state index in [1.54, 1.807) is 6.07 Å². The Morgan fingerprint density at radius 2 is 1.56 bits per heavy atom. The molecule has 0 aliphatic heterocycles. The maximum Gasteiger partial charge on any atom is 0.259 e. The van der Waals surface area contributed by atoms with E-state index in [2.05, 4.69) is 17.4 Å². The number of para-hydroxylation sites is 1. The molecule has 3 nitrogen and oxygen atoms in total. The van der Waals surface area contributed by atoms with Crippen molar-refractivity contribution in [3.8, 4) is 5.75 Å². The summed E-state index contributed by atoms with van der Waals surface area (Å²) in [5.74, 6) is 0.433. The number of anilines is 1. The summed E-state index contributed by atoms with van der Waals surface area (Å²) in [5.41, 5.74) is 3.68. The number of amides is 1. The Morgan fingerprint density at radius 1 is 0.880 bits per heavy atom. The molecule has 0 aliphatic carbocycles. The van der Waals surface area contributed by atoms with Crippen molar-refractivity contribution >= 4 is 11.6 Å². The summed E-state index contributed by atoms with van der Waals surface area (Å²) in [4.78, 5) is 12.6. The van der Waals surface area contributed by atoms with E-state index in [0.29, 0.717) is 17.9 Å². The maximum absolute atomic E-state index is 12.6. The van der Waals surface area contributed by atoms with Crippen molar-refractivity contribution in [1.29, 1.82) is 0 Å². The van der Waals surface area contributed by atoms with Gasteiger partial charge in [0.05, 0.1) is 12.2 Å². The minimum Gasteiger partial charge on any atom is -0.492 e. The SMILES string of the molecule is Cc1ccc(NC(=O)c2ccccc2OCCc2ccccc2)cc1. The molecule has 0 fully saturated rings. The second-order valence-electron chi connectivity index (χ2n) is 5.90. The molecule has 3 rings (SSSR count). The van der Waals surface area contributed by atoms with Crippen LogP contribution in [-0.2, 0) is 6.42 Å². The van der Waals surface area contributed by atoms with Gasteiger partial charge >= 0.3 is 0 Å². The molecule has 0 spiro atoms. The Balaban J connectivity index is 1.65. The van der Waals surface area contributed by atoms with Gasteiger partial charge in [0.2, 0.25) is 0 Å². The average Bonchev–Trinajstić information content (AvgIpc) is 2.65. The number of benzene rings is 3. The minimum absolute atomic E-state index is 0.167. The van der Waals surface area contributed by atoms with E-state index >= 15 is 0 Å². The summed E-state index contributed by atoms with van der Waals surface area (Å²) < 4.78 is 5.86. The molecular weight excluding hydrogens is 310 g/mol. The van der Waals surface area contributed by atoms with Crippen molar-refractivity contribution < 1.29 is 9.53 Å². The zero-order valence-electron chi connectivity index (χ0n) is 14.2. The molecule has 1 N–H and O–H groups in total. The Labute approximate surface area is 148 Å². The summed E-state index contributed by atoms with van der Waals surface area (Å²) >= 11 is 0. The second-order valence-corrected chi connectivity index (χ2v) is 5.90. The summed E-state index contributed by atoms with van der Waals surface area (Å²) in [5, 5.41) is 2.91. The first-order valence-corrected chi connectivity index (χ1v) is 8.36. The third kappa shape index (κ3) is 4.70. The lowest BCUT2D eigenvalue weighted by Crippen LogP contribution is -2.14. The third-order valence-electron chi connectivity index (χ3n) is 3.93. The molecule has 0 radical (unpaired) electrons. The highest BCUT2D eigenvalue weighted by molar-refractivity contribution is 6.06. The average molecular weight is 331 g/mol. The Morgan fingerprint density at radius 3 is 2.32 bits per heavy atom. The van der Waals surface area contributed by atoms with E-state index in [0.717, 1.165) is 17.7 Å². The molecule has 1 amide bonds. The van der Waals surface area contributed by atoms with Crippen LogP contribution in [0.4, 0.5) is 5.69 Å². The molecule has 3 aromatic carbocycles. The zero-order valence-corrected chi connectivity index (χ0v) is 14.2. The number of hydrogen-bond acceptors (Lipinski definition) is 2. The first kappa shape index (κ1) is 16.8. The smallest absolute Gasteiger partial charge is 0.259 e. The highest BCUT2D eigenvalue weighted by atomic mass is 16.5. The molecular formula is C22H21NO2. The molecule has 0 heterocycles. The van der Waals surface area contributed by atoms with Crippen LogP contribution in [0.1, 0.15) is 21.5 Å². The molecule has 0 unspecified atom stereocenters. The van der Waals surface area contributed by atoms with Crippen LogP contribution in [0.15, 0.2) is 78.9 Å². The molecule has 0 saturated carbocycles. The van der Waals surface area contributed by atoms with Gasteiger partial charge in [-0.25, -0.2) is 0 Å². The van der Waals surface area contributed by atoms with Crippen LogP contribution < -0.4 is 10.1 Å². The van der Waals surface area contributed by atoms with E-state index in [4.69, 9.17) is 4.74 Å². The fourth-order valence-electron chi connectivity index (χ4n) is 2.54. The molecule has 0 atom stereocenters. The zero-order chi connectivity index (χ0) is 17.5. The van der Waals surface area contributed by atoms with E-state index in [9.17, 15) is 4.79 Å². The maximum atomic E-state index is 12.6. The Bertz CT molecular complexity index is 826. The lowest BCUT2D eigenvalue weighted by atomic mass is 10.1. The van der Waals surface area contributed by atoms with Crippen molar-refractivity contribution in [1.82, 2.24) is 0 Å². The van der Waals surface area contributed by atoms with Gasteiger partial charge in [-0.1, -0.05) is 60.2 Å². The van der Waals surface area contributed by atoms with Crippen molar-refractivity contribution in [2.75, 3.05) is 11.9 Å². The van der Waals surface area contributed by atoms with Gasteiger partial charge < -0.3 is 10.1 Å². The van der Waals surface area contributed by atoms with Crippen molar-refractivity contribution in [3.05, 3.63) is 95.6 Å². The highest BCUT2D eigenvalue weighted by Gasteiger charge is 2.12. The summed E-state index contributed by atoms with van der Waals surface area (Å²) in [7, 11) is 0. The standard InChI is InChI=1S/C22H21NO2/c1-17-11-13-19(14-12-17)23-22(24)20-9-5-6-10-21(20)25-16-15-18-7-3-2-4-8-18/h2-14H,15-16H2,1H3,(H,23,24). The van der Waals surface area contributed by atoms with E-state index in [1.165, 1.54) is 5.56 Å². The van der Waals surface area contributed by atoms with E-state index < -0.39 is 0 Å². The van der Waals surface area contributed by atoms with Crippen LogP contribution in [0.3, 0.4) is 0 Å². The number of carbonyl (C=O) groups excluding carboxylic acids is 1. The fourth-order valence-corrected chi connectivity index (χ4v) is 2.54.